The highest BCUT2D eigenvalue weighted by molar-refractivity contribution is 6.31. The zero-order chi connectivity index (χ0) is 14.8. The van der Waals surface area contributed by atoms with Gasteiger partial charge in [0.25, 0.3) is 0 Å². The van der Waals surface area contributed by atoms with Crippen molar-refractivity contribution in [1.29, 1.82) is 0 Å². The van der Waals surface area contributed by atoms with Crippen molar-refractivity contribution in [2.45, 2.75) is 20.4 Å². The van der Waals surface area contributed by atoms with E-state index in [1.165, 1.54) is 16.7 Å². The van der Waals surface area contributed by atoms with Gasteiger partial charge in [-0.15, -0.1) is 0 Å². The number of hydrogen-bond acceptors (Lipinski definition) is 2. The Balaban J connectivity index is 1.93. The van der Waals surface area contributed by atoms with Crippen LogP contribution in [0.25, 0.3) is 10.9 Å². The summed E-state index contributed by atoms with van der Waals surface area (Å²) in [6.07, 6.45) is 1.80. The Morgan fingerprint density at radius 3 is 2.81 bits per heavy atom. The first-order valence-corrected chi connectivity index (χ1v) is 7.36. The summed E-state index contributed by atoms with van der Waals surface area (Å²) >= 11 is 6.19. The lowest BCUT2D eigenvalue weighted by atomic mass is 10.0. The highest BCUT2D eigenvalue weighted by Crippen LogP contribution is 2.27. The van der Waals surface area contributed by atoms with E-state index in [2.05, 4.69) is 42.3 Å². The van der Waals surface area contributed by atoms with E-state index in [1.807, 2.05) is 24.3 Å². The Bertz CT molecular complexity index is 796. The minimum Gasteiger partial charge on any atom is -0.379 e. The van der Waals surface area contributed by atoms with E-state index in [0.717, 1.165) is 28.2 Å². The largest absolute Gasteiger partial charge is 0.379 e. The third-order valence-electron chi connectivity index (χ3n) is 3.86. The maximum Gasteiger partial charge on any atom is 0.0934 e. The predicted octanol–water partition coefficient (Wildman–Crippen LogP) is 5.12. The highest BCUT2D eigenvalue weighted by Gasteiger charge is 2.06. The Morgan fingerprint density at radius 2 is 1.95 bits per heavy atom. The van der Waals surface area contributed by atoms with Gasteiger partial charge < -0.3 is 5.32 Å². The van der Waals surface area contributed by atoms with Crippen LogP contribution < -0.4 is 5.32 Å². The Labute approximate surface area is 129 Å². The summed E-state index contributed by atoms with van der Waals surface area (Å²) in [5.41, 5.74) is 5.85. The van der Waals surface area contributed by atoms with Crippen LogP contribution in [0.15, 0.2) is 48.7 Å². The molecule has 0 atom stereocenters. The average Bonchev–Trinajstić information content (AvgIpc) is 2.48. The highest BCUT2D eigenvalue weighted by atomic mass is 35.5. The molecule has 0 saturated carbocycles. The van der Waals surface area contributed by atoms with Gasteiger partial charge in [-0.3, -0.25) is 4.98 Å². The van der Waals surface area contributed by atoms with Crippen LogP contribution >= 0.6 is 11.6 Å². The molecule has 1 heterocycles. The molecule has 0 aliphatic carbocycles. The van der Waals surface area contributed by atoms with Crippen molar-refractivity contribution in [1.82, 2.24) is 4.98 Å². The zero-order valence-corrected chi connectivity index (χ0v) is 12.9. The van der Waals surface area contributed by atoms with Crippen LogP contribution in [0.1, 0.15) is 16.7 Å². The summed E-state index contributed by atoms with van der Waals surface area (Å²) in [7, 11) is 0. The molecule has 0 aliphatic rings. The van der Waals surface area contributed by atoms with Gasteiger partial charge >= 0.3 is 0 Å². The lowest BCUT2D eigenvalue weighted by Crippen LogP contribution is -2.03. The van der Waals surface area contributed by atoms with Gasteiger partial charge in [0.2, 0.25) is 0 Å². The summed E-state index contributed by atoms with van der Waals surface area (Å²) in [5.74, 6) is 0. The summed E-state index contributed by atoms with van der Waals surface area (Å²) < 4.78 is 0. The molecule has 3 aromatic rings. The zero-order valence-electron chi connectivity index (χ0n) is 12.2. The number of benzene rings is 2. The molecule has 0 aliphatic heterocycles. The fraction of sp³-hybridized carbons (Fsp3) is 0.167. The van der Waals surface area contributed by atoms with Crippen molar-refractivity contribution in [3.05, 3.63) is 70.4 Å². The quantitative estimate of drug-likeness (QED) is 0.726. The number of nitrogens with zero attached hydrogens (tertiary/aromatic N) is 1. The van der Waals surface area contributed by atoms with Gasteiger partial charge in [-0.1, -0.05) is 35.9 Å². The number of rotatable bonds is 3. The third kappa shape index (κ3) is 2.86. The molecule has 2 nitrogen and oxygen atoms in total. The van der Waals surface area contributed by atoms with Crippen molar-refractivity contribution in [3.8, 4) is 0 Å². The van der Waals surface area contributed by atoms with Crippen LogP contribution in [0.3, 0.4) is 0 Å². The van der Waals surface area contributed by atoms with E-state index in [4.69, 9.17) is 11.6 Å². The number of halogens is 1. The van der Waals surface area contributed by atoms with Crippen LogP contribution in [0.4, 0.5) is 5.69 Å². The number of pyridine rings is 1. The SMILES string of the molecule is Cc1cccc(CNc2cc(Cl)cc3cccnc23)c1C. The summed E-state index contributed by atoms with van der Waals surface area (Å²) in [6, 6.07) is 14.2. The molecular weight excluding hydrogens is 280 g/mol. The predicted molar refractivity (Wildman–Crippen MR) is 90.0 cm³/mol. The maximum atomic E-state index is 6.19. The van der Waals surface area contributed by atoms with E-state index < -0.39 is 0 Å². The smallest absolute Gasteiger partial charge is 0.0934 e. The van der Waals surface area contributed by atoms with Crippen LogP contribution in [-0.4, -0.2) is 4.98 Å². The molecule has 0 unspecified atom stereocenters. The molecular formula is C18H17ClN2. The Morgan fingerprint density at radius 1 is 1.10 bits per heavy atom. The first-order chi connectivity index (χ1) is 10.1. The van der Waals surface area contributed by atoms with Crippen LogP contribution in [0.5, 0.6) is 0 Å². The van der Waals surface area contributed by atoms with Crippen molar-refractivity contribution in [2.75, 3.05) is 5.32 Å². The van der Waals surface area contributed by atoms with Gasteiger partial charge in [-0.25, -0.2) is 0 Å². The number of hydrogen-bond donors (Lipinski definition) is 1. The van der Waals surface area contributed by atoms with Crippen LogP contribution in [-0.2, 0) is 6.54 Å². The van der Waals surface area contributed by atoms with Crippen LogP contribution in [0.2, 0.25) is 5.02 Å². The molecule has 0 saturated heterocycles. The topological polar surface area (TPSA) is 24.9 Å². The summed E-state index contributed by atoms with van der Waals surface area (Å²) in [5, 5.41) is 5.24. The second-order valence-electron chi connectivity index (χ2n) is 5.24. The van der Waals surface area contributed by atoms with E-state index in [0.29, 0.717) is 0 Å². The molecule has 106 valence electrons. The van der Waals surface area contributed by atoms with E-state index in [9.17, 15) is 0 Å². The molecule has 0 bridgehead atoms. The summed E-state index contributed by atoms with van der Waals surface area (Å²) in [4.78, 5) is 4.45. The minimum atomic E-state index is 0.721. The van der Waals surface area contributed by atoms with Crippen molar-refractivity contribution < 1.29 is 0 Å². The average molecular weight is 297 g/mol. The normalized spacial score (nSPS) is 10.8. The second kappa shape index (κ2) is 5.74. The second-order valence-corrected chi connectivity index (χ2v) is 5.68. The molecule has 0 amide bonds. The van der Waals surface area contributed by atoms with Crippen LogP contribution in [0, 0.1) is 13.8 Å². The molecule has 3 rings (SSSR count). The Kier molecular flexibility index (Phi) is 3.80. The molecule has 21 heavy (non-hydrogen) atoms. The fourth-order valence-electron chi connectivity index (χ4n) is 2.48. The molecule has 0 radical (unpaired) electrons. The lowest BCUT2D eigenvalue weighted by Gasteiger charge is -2.12. The molecule has 3 heteroatoms. The number of fused-ring (bicyclic) bond motifs is 1. The van der Waals surface area contributed by atoms with Crippen molar-refractivity contribution in [2.24, 2.45) is 0 Å². The van der Waals surface area contributed by atoms with Gasteiger partial charge in [-0.2, -0.15) is 0 Å². The van der Waals surface area contributed by atoms with Gasteiger partial charge in [-0.05, 0) is 48.7 Å². The van der Waals surface area contributed by atoms with E-state index >= 15 is 0 Å². The lowest BCUT2D eigenvalue weighted by molar-refractivity contribution is 1.10. The third-order valence-corrected chi connectivity index (χ3v) is 4.07. The molecule has 1 aromatic heterocycles. The Hall–Kier alpha value is -2.06. The van der Waals surface area contributed by atoms with Gasteiger partial charge in [0.05, 0.1) is 11.2 Å². The standard InChI is InChI=1S/C18H17ClN2/c1-12-5-3-6-15(13(12)2)11-21-17-10-16(19)9-14-7-4-8-20-18(14)17/h3-10,21H,11H2,1-2H3. The first kappa shape index (κ1) is 13.9. The van der Waals surface area contributed by atoms with Crippen molar-refractivity contribution in [3.63, 3.8) is 0 Å². The van der Waals surface area contributed by atoms with E-state index in [-0.39, 0.29) is 0 Å². The van der Waals surface area contributed by atoms with Crippen molar-refractivity contribution >= 4 is 28.2 Å². The molecule has 0 spiro atoms. The minimum absolute atomic E-state index is 0.721. The van der Waals surface area contributed by atoms with E-state index in [1.54, 1.807) is 6.20 Å². The van der Waals surface area contributed by atoms with Gasteiger partial charge in [0, 0.05) is 23.2 Å². The molecule has 0 fully saturated rings. The molecule has 2 aromatic carbocycles. The fourth-order valence-corrected chi connectivity index (χ4v) is 2.71. The van der Waals surface area contributed by atoms with Gasteiger partial charge in [0.1, 0.15) is 0 Å². The number of aromatic nitrogens is 1. The molecule has 1 N–H and O–H groups in total. The van der Waals surface area contributed by atoms with Gasteiger partial charge in [0.15, 0.2) is 0 Å². The summed E-state index contributed by atoms with van der Waals surface area (Å²) in [6.45, 7) is 5.05. The number of nitrogens with one attached hydrogen (secondary N) is 1. The maximum absolute atomic E-state index is 6.19. The number of aryl methyl sites for hydroxylation is 1. The monoisotopic (exact) mass is 296 g/mol. The first-order valence-electron chi connectivity index (χ1n) is 6.98. The number of anilines is 1.